The van der Waals surface area contributed by atoms with Crippen molar-refractivity contribution in [1.29, 1.82) is 0 Å². The molecule has 0 heterocycles. The average Bonchev–Trinajstić information content (AvgIpc) is 2.27. The number of aliphatic hydroxyl groups excluding tert-OH is 1. The van der Waals surface area contributed by atoms with E-state index in [1.165, 1.54) is 12.1 Å². The Hall–Kier alpha value is -0.950. The van der Waals surface area contributed by atoms with Crippen molar-refractivity contribution in [2.24, 2.45) is 0 Å². The average molecular weight is 286 g/mol. The van der Waals surface area contributed by atoms with Gasteiger partial charge in [0.1, 0.15) is 0 Å². The second kappa shape index (κ2) is 6.47. The summed E-state index contributed by atoms with van der Waals surface area (Å²) in [6.07, 6.45) is -0.600. The smallest absolute Gasteiger partial charge is 0.240 e. The first kappa shape index (κ1) is 16.1. The van der Waals surface area contributed by atoms with E-state index in [1.54, 1.807) is 19.1 Å². The molecule has 1 aromatic carbocycles. The highest BCUT2D eigenvalue weighted by molar-refractivity contribution is 7.89. The Balaban J connectivity index is 2.82. The van der Waals surface area contributed by atoms with Gasteiger partial charge in [-0.3, -0.25) is 0 Å². The lowest BCUT2D eigenvalue weighted by Crippen LogP contribution is -2.39. The number of hydrogen-bond donors (Lipinski definition) is 2. The van der Waals surface area contributed by atoms with Gasteiger partial charge in [0.2, 0.25) is 10.0 Å². The molecule has 2 unspecified atom stereocenters. The quantitative estimate of drug-likeness (QED) is 0.817. The highest BCUT2D eigenvalue weighted by atomic mass is 32.2. The molecular formula is C13H22N2O3S. The fraction of sp³-hybridized carbons (Fsp3) is 0.538. The van der Waals surface area contributed by atoms with Gasteiger partial charge in [0, 0.05) is 12.6 Å². The maximum atomic E-state index is 12.1. The van der Waals surface area contributed by atoms with Crippen molar-refractivity contribution >= 4 is 10.0 Å². The van der Waals surface area contributed by atoms with Gasteiger partial charge >= 0.3 is 0 Å². The van der Waals surface area contributed by atoms with Crippen LogP contribution in [0.1, 0.15) is 25.5 Å². The summed E-state index contributed by atoms with van der Waals surface area (Å²) in [4.78, 5) is 2.13. The van der Waals surface area contributed by atoms with E-state index in [1.807, 2.05) is 25.9 Å². The number of nitrogens with zero attached hydrogens (tertiary/aromatic N) is 1. The summed E-state index contributed by atoms with van der Waals surface area (Å²) >= 11 is 0. The second-order valence-electron chi connectivity index (χ2n) is 5.03. The molecule has 0 aromatic heterocycles. The van der Waals surface area contributed by atoms with E-state index in [0.29, 0.717) is 12.1 Å². The highest BCUT2D eigenvalue weighted by Crippen LogP contribution is 2.16. The fourth-order valence-corrected chi connectivity index (χ4v) is 3.08. The number of sulfonamides is 1. The van der Waals surface area contributed by atoms with E-state index in [0.717, 1.165) is 0 Å². The molecule has 0 aliphatic heterocycles. The maximum absolute atomic E-state index is 12.1. The Morgan fingerprint density at radius 1 is 1.21 bits per heavy atom. The number of nitrogens with one attached hydrogen (secondary N) is 1. The van der Waals surface area contributed by atoms with Crippen molar-refractivity contribution in [3.8, 4) is 0 Å². The first-order valence-electron chi connectivity index (χ1n) is 6.17. The monoisotopic (exact) mass is 286 g/mol. The summed E-state index contributed by atoms with van der Waals surface area (Å²) in [5, 5.41) is 9.39. The maximum Gasteiger partial charge on any atom is 0.240 e. The lowest BCUT2D eigenvalue weighted by atomic mass is 10.1. The van der Waals surface area contributed by atoms with Gasteiger partial charge in [-0.2, -0.15) is 0 Å². The van der Waals surface area contributed by atoms with Gasteiger partial charge in [0.25, 0.3) is 0 Å². The van der Waals surface area contributed by atoms with Crippen molar-refractivity contribution < 1.29 is 13.5 Å². The molecule has 108 valence electrons. The fourth-order valence-electron chi connectivity index (χ4n) is 1.84. The molecule has 0 radical (unpaired) electrons. The first-order chi connectivity index (χ1) is 8.72. The van der Waals surface area contributed by atoms with Crippen LogP contribution in [0.5, 0.6) is 0 Å². The molecule has 0 amide bonds. The van der Waals surface area contributed by atoms with E-state index < -0.39 is 16.1 Å². The molecule has 0 aliphatic carbocycles. The highest BCUT2D eigenvalue weighted by Gasteiger charge is 2.17. The standard InChI is InChI=1S/C13H22N2O3S/c1-10(9-15(3)4)14-19(17,18)13-7-5-12(6-8-13)11(2)16/h5-8,10-11,14,16H,9H2,1-4H3. The second-order valence-corrected chi connectivity index (χ2v) is 6.74. The lowest BCUT2D eigenvalue weighted by molar-refractivity contribution is 0.199. The Morgan fingerprint density at radius 2 is 1.74 bits per heavy atom. The van der Waals surface area contributed by atoms with Crippen LogP contribution in [0.2, 0.25) is 0 Å². The minimum absolute atomic E-state index is 0.170. The van der Waals surface area contributed by atoms with Crippen molar-refractivity contribution in [1.82, 2.24) is 9.62 Å². The number of rotatable bonds is 6. The van der Waals surface area contributed by atoms with Gasteiger partial charge in [-0.15, -0.1) is 0 Å². The summed E-state index contributed by atoms with van der Waals surface area (Å²) < 4.78 is 26.8. The van der Waals surface area contributed by atoms with E-state index in [9.17, 15) is 13.5 Å². The van der Waals surface area contributed by atoms with Crippen LogP contribution in [-0.2, 0) is 10.0 Å². The Kier molecular flexibility index (Phi) is 5.49. The van der Waals surface area contributed by atoms with Crippen LogP contribution in [-0.4, -0.2) is 45.1 Å². The number of likely N-dealkylation sites (N-methyl/N-ethyl adjacent to an activating group) is 1. The van der Waals surface area contributed by atoms with Crippen LogP contribution >= 0.6 is 0 Å². The van der Waals surface area contributed by atoms with E-state index in [4.69, 9.17) is 0 Å². The molecule has 0 saturated carbocycles. The van der Waals surface area contributed by atoms with Gasteiger partial charge in [-0.05, 0) is 45.6 Å². The molecule has 6 heteroatoms. The van der Waals surface area contributed by atoms with Crippen molar-refractivity contribution in [2.45, 2.75) is 30.9 Å². The van der Waals surface area contributed by atoms with E-state index >= 15 is 0 Å². The predicted molar refractivity (Wildman–Crippen MR) is 75.4 cm³/mol. The van der Waals surface area contributed by atoms with Gasteiger partial charge in [0.15, 0.2) is 0 Å². The summed E-state index contributed by atoms with van der Waals surface area (Å²) in [6.45, 7) is 4.09. The van der Waals surface area contributed by atoms with Crippen LogP contribution < -0.4 is 4.72 Å². The Labute approximate surface area is 115 Å². The minimum Gasteiger partial charge on any atom is -0.389 e. The predicted octanol–water partition coefficient (Wildman–Crippen LogP) is 0.968. The lowest BCUT2D eigenvalue weighted by Gasteiger charge is -2.18. The molecule has 2 N–H and O–H groups in total. The van der Waals surface area contributed by atoms with E-state index in [2.05, 4.69) is 4.72 Å². The summed E-state index contributed by atoms with van der Waals surface area (Å²) in [7, 11) is 0.276. The van der Waals surface area contributed by atoms with Gasteiger partial charge < -0.3 is 10.0 Å². The molecule has 1 aromatic rings. The van der Waals surface area contributed by atoms with E-state index in [-0.39, 0.29) is 10.9 Å². The van der Waals surface area contributed by atoms with Gasteiger partial charge in [-0.25, -0.2) is 13.1 Å². The van der Waals surface area contributed by atoms with Crippen LogP contribution in [0.4, 0.5) is 0 Å². The van der Waals surface area contributed by atoms with Crippen molar-refractivity contribution in [2.75, 3.05) is 20.6 Å². The molecule has 0 spiro atoms. The van der Waals surface area contributed by atoms with Gasteiger partial charge in [-0.1, -0.05) is 12.1 Å². The molecule has 0 aliphatic rings. The molecule has 2 atom stereocenters. The molecule has 0 saturated heterocycles. The van der Waals surface area contributed by atoms with Crippen LogP contribution in [0.25, 0.3) is 0 Å². The zero-order valence-electron chi connectivity index (χ0n) is 11.8. The Bertz CT molecular complexity index is 495. The first-order valence-corrected chi connectivity index (χ1v) is 7.66. The molecule has 1 rings (SSSR count). The van der Waals surface area contributed by atoms with Crippen LogP contribution in [0.15, 0.2) is 29.2 Å². The molecule has 19 heavy (non-hydrogen) atoms. The third-order valence-electron chi connectivity index (χ3n) is 2.67. The SMILES string of the molecule is CC(CN(C)C)NS(=O)(=O)c1ccc(C(C)O)cc1. The third kappa shape index (κ3) is 4.91. The normalized spacial score (nSPS) is 15.5. The molecule has 5 nitrogen and oxygen atoms in total. The van der Waals surface area contributed by atoms with Gasteiger partial charge in [0.05, 0.1) is 11.0 Å². The van der Waals surface area contributed by atoms with Crippen LogP contribution in [0.3, 0.4) is 0 Å². The summed E-state index contributed by atoms with van der Waals surface area (Å²) in [5.41, 5.74) is 0.695. The Morgan fingerprint density at radius 3 is 2.16 bits per heavy atom. The number of aliphatic hydroxyl groups is 1. The number of hydrogen-bond acceptors (Lipinski definition) is 4. The van der Waals surface area contributed by atoms with Crippen molar-refractivity contribution in [3.05, 3.63) is 29.8 Å². The van der Waals surface area contributed by atoms with Crippen LogP contribution in [0, 0.1) is 0 Å². The topological polar surface area (TPSA) is 69.6 Å². The largest absolute Gasteiger partial charge is 0.389 e. The number of benzene rings is 1. The molecular weight excluding hydrogens is 264 g/mol. The summed E-state index contributed by atoms with van der Waals surface area (Å²) in [6, 6.07) is 6.09. The zero-order valence-corrected chi connectivity index (χ0v) is 12.6. The van der Waals surface area contributed by atoms with Crippen molar-refractivity contribution in [3.63, 3.8) is 0 Å². The summed E-state index contributed by atoms with van der Waals surface area (Å²) in [5.74, 6) is 0. The molecule has 0 fully saturated rings. The third-order valence-corrected chi connectivity index (χ3v) is 4.27. The zero-order chi connectivity index (χ0) is 14.6. The minimum atomic E-state index is -3.51. The molecule has 0 bridgehead atoms.